The fraction of sp³-hybridized carbons (Fsp3) is 0.429. The molecule has 5 saturated heterocycles. The number of aryl methyl sites for hydroxylation is 3. The number of phenolic OH excluding ortho intramolecular Hbond substituents is 1. The lowest BCUT2D eigenvalue weighted by molar-refractivity contribution is 0.00578. The maximum atomic E-state index is 13.8. The van der Waals surface area contributed by atoms with Crippen LogP contribution in [0.2, 0.25) is 0 Å². The van der Waals surface area contributed by atoms with E-state index in [0.717, 1.165) is 99.0 Å². The van der Waals surface area contributed by atoms with Gasteiger partial charge >= 0.3 is 21.1 Å². The van der Waals surface area contributed by atoms with Crippen molar-refractivity contribution in [3.05, 3.63) is 121 Å². The molecule has 5 aliphatic rings. The summed E-state index contributed by atoms with van der Waals surface area (Å²) >= 11 is 8.54. The van der Waals surface area contributed by atoms with E-state index in [1.807, 2.05) is 86.7 Å². The number of pyridine rings is 3. The maximum Gasteiger partial charge on any atom is 0.488 e. The van der Waals surface area contributed by atoms with Crippen LogP contribution < -0.4 is 20.2 Å². The molecule has 5 fully saturated rings. The van der Waals surface area contributed by atoms with Crippen LogP contribution in [-0.4, -0.2) is 182 Å². The predicted octanol–water partition coefficient (Wildman–Crippen LogP) is 9.62. The van der Waals surface area contributed by atoms with Crippen LogP contribution in [-0.2, 0) is 54.0 Å². The molecule has 3 N–H and O–H groups in total. The van der Waals surface area contributed by atoms with Crippen LogP contribution in [0.3, 0.4) is 0 Å². The molecule has 0 radical (unpaired) electrons. The molecule has 0 amide bonds. The van der Waals surface area contributed by atoms with E-state index in [1.165, 1.54) is 24.3 Å². The van der Waals surface area contributed by atoms with Gasteiger partial charge in [-0.15, -0.1) is 0 Å². The predicted molar refractivity (Wildman–Crippen MR) is 374 cm³/mol. The van der Waals surface area contributed by atoms with Crippen LogP contribution in [0.5, 0.6) is 5.75 Å². The van der Waals surface area contributed by atoms with Gasteiger partial charge in [-0.2, -0.15) is 15.3 Å². The summed E-state index contributed by atoms with van der Waals surface area (Å²) < 4.78 is 87.2. The van der Waals surface area contributed by atoms with Gasteiger partial charge in [0.05, 0.1) is 87.5 Å². The molecule has 6 aromatic heterocycles. The van der Waals surface area contributed by atoms with Gasteiger partial charge in [-0.25, -0.2) is 28.1 Å². The number of hydrogen-bond donors (Lipinski definition) is 3. The standard InChI is InChI=1S/C17H16BrFN4O.C17H17FN4O2.C12H24B2O4.C9H13BN2O3.C8H5BrFIN2/c1-22-15-10-14(19)13(18)9-12(15)17(21-22)11-2-3-20-16(8-11)23-4-6-24-7-5-23;1-21-14-10-13(18)15(23)9-12(14)17(20-21)11-2-3-19-16(8-11)22-4-6-24-7-5-22;1-9(2)10(3,4)16-13(15-9)14-17-11(5,6)12(7,8)18-14;13-10(14)8-1-2-11-9(7-8)12-3-5-15-6-4-12;1-13-7-3-6(10)5(9)2-4(7)8(11)12-13/h2-3,8-10H,4-7H2,1H3;2-3,8-10,23H,4-7H2,1H3;1-8H3;1-2,7,13-14H,3-6H2;2-3H,1H3. The van der Waals surface area contributed by atoms with Crippen LogP contribution in [0.25, 0.3) is 55.2 Å². The Balaban J connectivity index is 0.000000131. The number of benzene rings is 3. The number of fused-ring (bicyclic) bond motifs is 3. The van der Waals surface area contributed by atoms with Crippen LogP contribution >= 0.6 is 54.5 Å². The number of anilines is 3. The number of hydrogen-bond acceptors (Lipinski definition) is 19. The molecule has 5 aliphatic heterocycles. The molecule has 3 aromatic carbocycles. The zero-order valence-corrected chi connectivity index (χ0v) is 59.5. The fourth-order valence-corrected chi connectivity index (χ4v) is 12.2. The number of nitrogens with zero attached hydrogens (tertiary/aromatic N) is 12. The average molecular weight is 1540 g/mol. The Labute approximate surface area is 575 Å². The summed E-state index contributed by atoms with van der Waals surface area (Å²) in [6, 6.07) is 20.3. The number of halogens is 6. The van der Waals surface area contributed by atoms with Gasteiger partial charge in [0.2, 0.25) is 0 Å². The van der Waals surface area contributed by atoms with Crippen LogP contribution in [0.15, 0.2) is 100 Å². The fourth-order valence-electron chi connectivity index (χ4n) is 10.8. The Morgan fingerprint density at radius 2 is 0.819 bits per heavy atom. The molecular weight excluding hydrogens is 1460 g/mol. The molecular formula is C63H75B3Br2F3IN12O10. The van der Waals surface area contributed by atoms with E-state index in [0.29, 0.717) is 70.6 Å². The van der Waals surface area contributed by atoms with Crippen LogP contribution in [0, 0.1) is 21.2 Å². The van der Waals surface area contributed by atoms with Gasteiger partial charge < -0.3 is 62.7 Å². The molecule has 11 heterocycles. The molecule has 22 nitrogen and oxygen atoms in total. The van der Waals surface area contributed by atoms with Gasteiger partial charge in [-0.3, -0.25) is 14.0 Å². The van der Waals surface area contributed by atoms with Gasteiger partial charge in [0.25, 0.3) is 0 Å². The van der Waals surface area contributed by atoms with Crippen molar-refractivity contribution in [1.29, 1.82) is 0 Å². The number of morpholine rings is 3. The van der Waals surface area contributed by atoms with Crippen molar-refractivity contribution in [2.24, 2.45) is 21.1 Å². The van der Waals surface area contributed by atoms with Gasteiger partial charge in [0.15, 0.2) is 11.6 Å². The third kappa shape index (κ3) is 15.9. The Bertz CT molecular complexity index is 3900. The molecule has 0 bridgehead atoms. The second-order valence-electron chi connectivity index (χ2n) is 24.9. The van der Waals surface area contributed by atoms with E-state index in [2.05, 4.69) is 99.4 Å². The lowest BCUT2D eigenvalue weighted by Crippen LogP contribution is -2.41. The van der Waals surface area contributed by atoms with Gasteiger partial charge in [-0.1, -0.05) is 0 Å². The van der Waals surface area contributed by atoms with E-state index < -0.39 is 27.0 Å². The molecule has 14 rings (SSSR count). The Hall–Kier alpha value is -5.97. The first-order valence-electron chi connectivity index (χ1n) is 30.6. The third-order valence-electron chi connectivity index (χ3n) is 17.5. The highest BCUT2D eigenvalue weighted by Crippen LogP contribution is 2.43. The van der Waals surface area contributed by atoms with Crippen molar-refractivity contribution in [3.63, 3.8) is 0 Å². The van der Waals surface area contributed by atoms with E-state index in [-0.39, 0.29) is 39.8 Å². The SMILES string of the molecule is CC1(C)OB(B2OC(C)(C)C(C)(C)O2)OC1(C)C.Cn1nc(-c2ccnc(N3CCOCC3)c2)c2cc(Br)c(F)cc21.Cn1nc(-c2ccnc(N3CCOCC3)c2)c2cc(O)c(F)cc21.Cn1nc(I)c2cc(Br)c(F)cc21.OB(O)c1ccnc(N2CCOCC2)c1. The summed E-state index contributed by atoms with van der Waals surface area (Å²) in [7, 11) is 2.99. The van der Waals surface area contributed by atoms with E-state index in [1.54, 1.807) is 71.0 Å². The quantitative estimate of drug-likeness (QED) is 0.0997. The molecule has 498 valence electrons. The van der Waals surface area contributed by atoms with Crippen molar-refractivity contribution in [3.8, 4) is 28.3 Å². The van der Waals surface area contributed by atoms with E-state index >= 15 is 0 Å². The summed E-state index contributed by atoms with van der Waals surface area (Å²) in [6.45, 7) is 25.2. The van der Waals surface area contributed by atoms with Gasteiger partial charge in [-0.05, 0) is 170 Å². The smallest absolute Gasteiger partial charge is 0.488 e. The summed E-state index contributed by atoms with van der Waals surface area (Å²) in [4.78, 5) is 19.5. The van der Waals surface area contributed by atoms with Gasteiger partial charge in [0, 0.05) is 124 Å². The molecule has 0 saturated carbocycles. The molecule has 94 heavy (non-hydrogen) atoms. The number of ether oxygens (including phenoxy) is 3. The molecule has 9 aromatic rings. The first-order chi connectivity index (χ1) is 44.5. The minimum atomic E-state index is -1.44. The minimum Gasteiger partial charge on any atom is -0.505 e. The highest BCUT2D eigenvalue weighted by molar-refractivity contribution is 14.1. The topological polar surface area (TPSA) is 227 Å². The van der Waals surface area contributed by atoms with Crippen molar-refractivity contribution in [1.82, 2.24) is 44.3 Å². The number of aromatic nitrogens is 9. The maximum absolute atomic E-state index is 13.8. The minimum absolute atomic E-state index is 0.257. The van der Waals surface area contributed by atoms with Crippen molar-refractivity contribution in [2.45, 2.75) is 77.8 Å². The summed E-state index contributed by atoms with van der Waals surface area (Å²) in [5.74, 6) is 0.966. The first-order valence-corrected chi connectivity index (χ1v) is 33.3. The second kappa shape index (κ2) is 29.4. The highest BCUT2D eigenvalue weighted by Gasteiger charge is 2.63. The normalized spacial score (nSPS) is 18.1. The van der Waals surface area contributed by atoms with Crippen molar-refractivity contribution < 1.29 is 61.2 Å². The monoisotopic (exact) mass is 1530 g/mol. The number of phenols is 1. The Morgan fingerprint density at radius 1 is 0.479 bits per heavy atom. The molecule has 0 atom stereocenters. The zero-order valence-electron chi connectivity index (χ0n) is 54.2. The lowest BCUT2D eigenvalue weighted by Gasteiger charge is -2.32. The molecule has 0 spiro atoms. The van der Waals surface area contributed by atoms with E-state index in [4.69, 9.17) is 42.9 Å². The lowest BCUT2D eigenvalue weighted by atomic mass is 9.49. The van der Waals surface area contributed by atoms with Crippen molar-refractivity contribution in [2.75, 3.05) is 93.6 Å². The average Bonchev–Trinajstić information content (AvgIpc) is 1.61. The summed E-state index contributed by atoms with van der Waals surface area (Å²) in [5, 5.41) is 43.6. The van der Waals surface area contributed by atoms with Crippen molar-refractivity contribution >= 4 is 131 Å². The third-order valence-corrected chi connectivity index (χ3v) is 19.5. The first kappa shape index (κ1) is 70.8. The van der Waals surface area contributed by atoms with Gasteiger partial charge in [0.1, 0.15) is 44.2 Å². The zero-order chi connectivity index (χ0) is 67.6. The molecule has 0 aliphatic carbocycles. The Morgan fingerprint density at radius 3 is 1.22 bits per heavy atom. The van der Waals surface area contributed by atoms with E-state index in [9.17, 15) is 18.3 Å². The molecule has 0 unspecified atom stereocenters. The summed E-state index contributed by atoms with van der Waals surface area (Å²) in [5.41, 5.74) is 4.59. The van der Waals surface area contributed by atoms with Crippen LogP contribution in [0.4, 0.5) is 30.6 Å². The number of aromatic hydroxyl groups is 1. The Kier molecular flexibility index (Phi) is 22.1. The highest BCUT2D eigenvalue weighted by atomic mass is 127. The largest absolute Gasteiger partial charge is 0.505 e. The van der Waals surface area contributed by atoms with Crippen LogP contribution in [0.1, 0.15) is 55.4 Å². The summed E-state index contributed by atoms with van der Waals surface area (Å²) in [6.07, 6.45) is 5.11. The second-order valence-corrected chi connectivity index (χ2v) is 27.7. The number of rotatable bonds is 7. The molecule has 31 heteroatoms.